The zero-order valence-electron chi connectivity index (χ0n) is 15.7. The first-order valence-corrected chi connectivity index (χ1v) is 9.33. The van der Waals surface area contributed by atoms with Crippen LogP contribution in [0, 0.1) is 0 Å². The summed E-state index contributed by atoms with van der Waals surface area (Å²) in [6.07, 6.45) is 1.77. The number of phenolic OH excluding ortho intramolecular Hbond substituents is 2. The Morgan fingerprint density at radius 2 is 1.07 bits per heavy atom. The Bertz CT molecular complexity index is 724. The molecule has 0 saturated carbocycles. The summed E-state index contributed by atoms with van der Waals surface area (Å²) in [5, 5.41) is 19.0. The molecule has 0 aliphatic carbocycles. The standard InChI is InChI=1S/C16H14B10O2/c17-18-19-20-21-22-23-24-25-26-15(9-11-1-5-13(27)6-2-11)16(26)10-12-3-7-14(28)8-4-12/h1-8,27-28H,9-10H2. The molecule has 28 heavy (non-hydrogen) atoms. The molecule has 120 valence electrons. The molecule has 2 aromatic rings. The normalized spacial score (nSPS) is 12.1. The number of hydrogen-bond donors (Lipinski definition) is 2. The van der Waals surface area contributed by atoms with Crippen molar-refractivity contribution in [2.45, 2.75) is 12.8 Å². The molecule has 0 atom stereocenters. The van der Waals surface area contributed by atoms with Gasteiger partial charge in [0.25, 0.3) is 0 Å². The molecule has 1 aliphatic heterocycles. The molecule has 0 bridgehead atoms. The van der Waals surface area contributed by atoms with E-state index in [1.54, 1.807) is 31.3 Å². The van der Waals surface area contributed by atoms with E-state index in [1.165, 1.54) is 29.1 Å². The lowest BCUT2D eigenvalue weighted by Crippen LogP contribution is -2.33. The van der Waals surface area contributed by atoms with Gasteiger partial charge in [0.15, 0.2) is 0 Å². The second-order valence-electron chi connectivity index (χ2n) is 6.75. The zero-order chi connectivity index (χ0) is 19.8. The van der Waals surface area contributed by atoms with E-state index in [4.69, 9.17) is 7.74 Å². The van der Waals surface area contributed by atoms with Crippen LogP contribution in [0.15, 0.2) is 59.5 Å². The summed E-state index contributed by atoms with van der Waals surface area (Å²) in [4.78, 5) is 0. The minimum atomic E-state index is 0.289. The van der Waals surface area contributed by atoms with Gasteiger partial charge in [-0.3, -0.25) is 0 Å². The van der Waals surface area contributed by atoms with Crippen LogP contribution in [0.25, 0.3) is 0 Å². The summed E-state index contributed by atoms with van der Waals surface area (Å²) in [6, 6.07) is 14.8. The van der Waals surface area contributed by atoms with E-state index in [9.17, 15) is 10.2 Å². The molecule has 0 fully saturated rings. The monoisotopic (exact) mass is 348 g/mol. The SMILES string of the molecule is [B][B][B][B][B][B][B][B][B]B1C(Cc2ccc(O)cc2)=C1Cc1ccc(O)cc1. The molecule has 1 aliphatic rings. The maximum atomic E-state index is 9.48. The zero-order valence-corrected chi connectivity index (χ0v) is 15.7. The lowest BCUT2D eigenvalue weighted by atomic mass is 8.88. The quantitative estimate of drug-likeness (QED) is 0.398. The van der Waals surface area contributed by atoms with Crippen molar-refractivity contribution in [1.29, 1.82) is 0 Å². The molecule has 0 amide bonds. The Labute approximate surface area is 176 Å². The maximum Gasteiger partial charge on any atom is 0.149 e. The molecule has 0 unspecified atom stereocenters. The van der Waals surface area contributed by atoms with Crippen LogP contribution in [0.3, 0.4) is 0 Å². The molecule has 3 rings (SSSR count). The van der Waals surface area contributed by atoms with Crippen molar-refractivity contribution in [2.24, 2.45) is 0 Å². The molecule has 2 aromatic carbocycles. The van der Waals surface area contributed by atoms with Gasteiger partial charge in [-0.1, -0.05) is 24.3 Å². The van der Waals surface area contributed by atoms with Gasteiger partial charge in [0.1, 0.15) is 18.1 Å². The van der Waals surface area contributed by atoms with Crippen molar-refractivity contribution in [3.8, 4) is 11.5 Å². The first kappa shape index (κ1) is 21.1. The summed E-state index contributed by atoms with van der Waals surface area (Å²) < 4.78 is 0. The van der Waals surface area contributed by atoms with E-state index < -0.39 is 0 Å². The Kier molecular flexibility index (Phi) is 8.18. The Morgan fingerprint density at radius 1 is 0.643 bits per heavy atom. The van der Waals surface area contributed by atoms with Gasteiger partial charge in [-0.25, -0.2) is 0 Å². The predicted molar refractivity (Wildman–Crippen MR) is 128 cm³/mol. The molecule has 2 N–H and O–H groups in total. The molecule has 12 heteroatoms. The third kappa shape index (κ3) is 6.50. The van der Waals surface area contributed by atoms with Crippen molar-refractivity contribution < 1.29 is 10.2 Å². The second-order valence-corrected chi connectivity index (χ2v) is 6.75. The van der Waals surface area contributed by atoms with Crippen molar-refractivity contribution in [2.75, 3.05) is 0 Å². The van der Waals surface area contributed by atoms with Crippen LogP contribution in [0.1, 0.15) is 11.1 Å². The van der Waals surface area contributed by atoms with Crippen LogP contribution >= 0.6 is 0 Å². The lowest BCUT2D eigenvalue weighted by Gasteiger charge is -2.00. The fraction of sp³-hybridized carbons (Fsp3) is 0.125. The Balaban J connectivity index is 1.53. The van der Waals surface area contributed by atoms with Crippen molar-refractivity contribution in [3.63, 3.8) is 0 Å². The highest BCUT2D eigenvalue weighted by atomic mass is 16.3. The largest absolute Gasteiger partial charge is 0.508 e. The van der Waals surface area contributed by atoms with Gasteiger partial charge in [0.2, 0.25) is 0 Å². The van der Waals surface area contributed by atoms with Gasteiger partial charge >= 0.3 is 0 Å². The van der Waals surface area contributed by atoms with Crippen LogP contribution in [-0.2, 0) is 12.8 Å². The third-order valence-electron chi connectivity index (χ3n) is 4.71. The summed E-state index contributed by atoms with van der Waals surface area (Å²) >= 11 is 0. The molecule has 0 spiro atoms. The van der Waals surface area contributed by atoms with Crippen LogP contribution < -0.4 is 0 Å². The van der Waals surface area contributed by atoms with Crippen LogP contribution in [0.4, 0.5) is 0 Å². The van der Waals surface area contributed by atoms with Crippen molar-refractivity contribution >= 4 is 70.8 Å². The lowest BCUT2D eigenvalue weighted by molar-refractivity contribution is 0.474. The van der Waals surface area contributed by atoms with E-state index in [1.807, 2.05) is 52.5 Å². The smallest absolute Gasteiger partial charge is 0.149 e. The van der Waals surface area contributed by atoms with E-state index in [-0.39, 0.29) is 11.5 Å². The Hall–Kier alpha value is -1.57. The fourth-order valence-electron chi connectivity index (χ4n) is 3.18. The summed E-state index contributed by atoms with van der Waals surface area (Å²) in [5.74, 6) is 0.578. The average Bonchev–Trinajstić information content (AvgIpc) is 3.34. The van der Waals surface area contributed by atoms with Crippen molar-refractivity contribution in [3.05, 3.63) is 70.6 Å². The molecule has 2 nitrogen and oxygen atoms in total. The average molecular weight is 346 g/mol. The molecule has 0 aromatic heterocycles. The minimum Gasteiger partial charge on any atom is -0.508 e. The number of rotatable bonds is 12. The maximum absolute atomic E-state index is 9.48. The highest BCUT2D eigenvalue weighted by Gasteiger charge is 2.37. The summed E-state index contributed by atoms with van der Waals surface area (Å²) in [7, 11) is 20.6. The first-order valence-electron chi connectivity index (χ1n) is 9.33. The van der Waals surface area contributed by atoms with Gasteiger partial charge in [0.05, 0.1) is 0 Å². The fourth-order valence-corrected chi connectivity index (χ4v) is 3.18. The summed E-state index contributed by atoms with van der Waals surface area (Å²) in [5.41, 5.74) is 5.23. The highest BCUT2D eigenvalue weighted by Crippen LogP contribution is 2.35. The van der Waals surface area contributed by atoms with E-state index in [2.05, 4.69) is 14.1 Å². The van der Waals surface area contributed by atoms with Gasteiger partial charge in [-0.15, -0.1) is 10.9 Å². The van der Waals surface area contributed by atoms with Gasteiger partial charge in [-0.05, 0) is 48.2 Å². The molecule has 10 radical (unpaired) electrons. The molecular formula is C16H14B10O2. The molecular weight excluding hydrogens is 332 g/mol. The number of phenols is 2. The number of hydrogen-bond acceptors (Lipinski definition) is 2. The van der Waals surface area contributed by atoms with Crippen LogP contribution in [0.5, 0.6) is 11.5 Å². The minimum absolute atomic E-state index is 0.289. The number of allylic oxidation sites excluding steroid dienone is 2. The van der Waals surface area contributed by atoms with Gasteiger partial charge in [0, 0.05) is 64.2 Å². The number of benzene rings is 2. The van der Waals surface area contributed by atoms with E-state index in [0.717, 1.165) is 12.8 Å². The predicted octanol–water partition coefficient (Wildman–Crippen LogP) is -0.615. The molecule has 0 saturated heterocycles. The van der Waals surface area contributed by atoms with Crippen molar-refractivity contribution in [1.82, 2.24) is 0 Å². The summed E-state index contributed by atoms with van der Waals surface area (Å²) in [6.45, 7) is 0.361. The topological polar surface area (TPSA) is 40.5 Å². The van der Waals surface area contributed by atoms with E-state index in [0.29, 0.717) is 6.60 Å². The van der Waals surface area contributed by atoms with Crippen LogP contribution in [-0.4, -0.2) is 81.0 Å². The van der Waals surface area contributed by atoms with Crippen LogP contribution in [0.2, 0.25) is 0 Å². The van der Waals surface area contributed by atoms with Gasteiger partial charge in [-0.2, -0.15) is 0 Å². The third-order valence-corrected chi connectivity index (χ3v) is 4.71. The second kappa shape index (κ2) is 10.8. The highest BCUT2D eigenvalue weighted by molar-refractivity contribution is 7.70. The first-order chi connectivity index (χ1) is 13.7. The van der Waals surface area contributed by atoms with Gasteiger partial charge < -0.3 is 10.2 Å². The number of aromatic hydroxyl groups is 2. The van der Waals surface area contributed by atoms with E-state index >= 15 is 0 Å². The molecule has 1 heterocycles. The Morgan fingerprint density at radius 3 is 1.54 bits per heavy atom.